The lowest BCUT2D eigenvalue weighted by Gasteiger charge is -2.28. The molecule has 1 aromatic rings. The van der Waals surface area contributed by atoms with Crippen LogP contribution in [0.4, 0.5) is 10.5 Å². The van der Waals surface area contributed by atoms with E-state index in [0.29, 0.717) is 11.6 Å². The fourth-order valence-electron chi connectivity index (χ4n) is 3.07. The van der Waals surface area contributed by atoms with Gasteiger partial charge >= 0.3 is 12.0 Å². The number of methoxy groups -OCH3 is 2. The first-order chi connectivity index (χ1) is 11.7. The van der Waals surface area contributed by atoms with Gasteiger partial charge in [-0.15, -0.1) is 0 Å². The van der Waals surface area contributed by atoms with E-state index in [-0.39, 0.29) is 24.0 Å². The molecule has 0 aromatic carbocycles. The Morgan fingerprint density at radius 1 is 1.17 bits per heavy atom. The number of anilines is 1. The lowest BCUT2D eigenvalue weighted by atomic mass is 9.87. The van der Waals surface area contributed by atoms with Gasteiger partial charge in [-0.1, -0.05) is 25.7 Å². The fourth-order valence-corrected chi connectivity index (χ4v) is 3.07. The number of nitrogens with one attached hydrogen (secondary N) is 2. The summed E-state index contributed by atoms with van der Waals surface area (Å²) in [6, 6.07) is 2.81. The number of nitrogens with zero attached hydrogens (tertiary/aromatic N) is 1. The second-order valence-corrected chi connectivity index (χ2v) is 5.89. The summed E-state index contributed by atoms with van der Waals surface area (Å²) < 4.78 is 10.0. The van der Waals surface area contributed by atoms with Crippen LogP contribution in [0.3, 0.4) is 0 Å². The van der Waals surface area contributed by atoms with Crippen molar-refractivity contribution in [3.05, 3.63) is 18.3 Å². The third-order valence-electron chi connectivity index (χ3n) is 4.30. The molecule has 0 spiro atoms. The minimum absolute atomic E-state index is 0.236. The Morgan fingerprint density at radius 2 is 1.92 bits per heavy atom. The van der Waals surface area contributed by atoms with E-state index in [1.54, 1.807) is 18.3 Å². The average molecular weight is 335 g/mol. The number of rotatable bonds is 4. The van der Waals surface area contributed by atoms with Crippen molar-refractivity contribution in [2.24, 2.45) is 5.92 Å². The fraction of sp³-hybridized carbons (Fsp3) is 0.588. The first-order valence-corrected chi connectivity index (χ1v) is 8.30. The summed E-state index contributed by atoms with van der Waals surface area (Å²) in [4.78, 5) is 28.4. The van der Waals surface area contributed by atoms with Gasteiger partial charge < -0.3 is 20.1 Å². The van der Waals surface area contributed by atoms with Crippen LogP contribution in [0.15, 0.2) is 18.3 Å². The van der Waals surface area contributed by atoms with Crippen molar-refractivity contribution in [3.63, 3.8) is 0 Å². The zero-order valence-electron chi connectivity index (χ0n) is 14.2. The molecule has 2 rings (SSSR count). The normalized spacial score (nSPS) is 21.1. The van der Waals surface area contributed by atoms with E-state index in [9.17, 15) is 9.59 Å². The summed E-state index contributed by atoms with van der Waals surface area (Å²) in [5.74, 6) is -0.229. The van der Waals surface area contributed by atoms with Crippen LogP contribution >= 0.6 is 0 Å². The summed E-state index contributed by atoms with van der Waals surface area (Å²) in [6.45, 7) is 0. The van der Waals surface area contributed by atoms with E-state index in [4.69, 9.17) is 9.47 Å². The quantitative estimate of drug-likeness (QED) is 0.826. The van der Waals surface area contributed by atoms with Crippen molar-refractivity contribution in [3.8, 4) is 5.88 Å². The standard InChI is InChI=1S/C17H25N3O4/c1-23-15-14(10-7-11-18-15)20-17(22)19-13-9-6-4-3-5-8-12(13)16(21)24-2/h7,10-13H,3-6,8-9H2,1-2H3,(H2,19,20,22)/t12-,13-/m0/s1. The van der Waals surface area contributed by atoms with Gasteiger partial charge in [-0.3, -0.25) is 4.79 Å². The molecule has 7 heteroatoms. The van der Waals surface area contributed by atoms with Crippen molar-refractivity contribution in [1.29, 1.82) is 0 Å². The van der Waals surface area contributed by atoms with Gasteiger partial charge in [0.2, 0.25) is 5.88 Å². The van der Waals surface area contributed by atoms with E-state index in [1.807, 2.05) is 0 Å². The first-order valence-electron chi connectivity index (χ1n) is 8.30. The Labute approximate surface area is 142 Å². The molecular weight excluding hydrogens is 310 g/mol. The van der Waals surface area contributed by atoms with Crippen LogP contribution in [-0.4, -0.2) is 37.2 Å². The Hall–Kier alpha value is -2.31. The number of hydrogen-bond donors (Lipinski definition) is 2. The molecule has 1 aliphatic rings. The Morgan fingerprint density at radius 3 is 2.62 bits per heavy atom. The monoisotopic (exact) mass is 335 g/mol. The van der Waals surface area contributed by atoms with Gasteiger partial charge in [0.05, 0.1) is 20.1 Å². The number of carbonyl (C=O) groups excluding carboxylic acids is 2. The van der Waals surface area contributed by atoms with Crippen LogP contribution in [0, 0.1) is 5.92 Å². The SMILES string of the molecule is COC(=O)[C@H]1CCCCCC[C@@H]1NC(=O)Nc1cccnc1OC. The third-order valence-corrected chi connectivity index (χ3v) is 4.30. The van der Waals surface area contributed by atoms with Gasteiger partial charge in [-0.05, 0) is 25.0 Å². The van der Waals surface area contributed by atoms with Crippen molar-refractivity contribution in [1.82, 2.24) is 10.3 Å². The molecule has 7 nitrogen and oxygen atoms in total. The maximum atomic E-state index is 12.3. The molecule has 24 heavy (non-hydrogen) atoms. The molecule has 132 valence electrons. The third kappa shape index (κ3) is 4.84. The highest BCUT2D eigenvalue weighted by atomic mass is 16.5. The molecule has 2 N–H and O–H groups in total. The minimum atomic E-state index is -0.374. The van der Waals surface area contributed by atoms with E-state index in [2.05, 4.69) is 15.6 Å². The number of urea groups is 1. The largest absolute Gasteiger partial charge is 0.480 e. The molecule has 0 bridgehead atoms. The molecule has 0 saturated heterocycles. The van der Waals surface area contributed by atoms with Crippen LogP contribution in [-0.2, 0) is 9.53 Å². The van der Waals surface area contributed by atoms with E-state index in [0.717, 1.165) is 38.5 Å². The van der Waals surface area contributed by atoms with Crippen LogP contribution in [0.2, 0.25) is 0 Å². The van der Waals surface area contributed by atoms with Gasteiger partial charge in [-0.25, -0.2) is 9.78 Å². The lowest BCUT2D eigenvalue weighted by molar-refractivity contribution is -0.146. The van der Waals surface area contributed by atoms with Gasteiger partial charge in [0.15, 0.2) is 0 Å². The highest BCUT2D eigenvalue weighted by Crippen LogP contribution is 2.25. The number of esters is 1. The number of pyridine rings is 1. The highest BCUT2D eigenvalue weighted by Gasteiger charge is 2.31. The summed E-state index contributed by atoms with van der Waals surface area (Å²) in [7, 11) is 2.88. The summed E-state index contributed by atoms with van der Waals surface area (Å²) in [5, 5.41) is 5.65. The summed E-state index contributed by atoms with van der Waals surface area (Å²) in [6.07, 6.45) is 7.25. The molecule has 1 fully saturated rings. The molecule has 0 aliphatic heterocycles. The molecule has 1 aliphatic carbocycles. The maximum absolute atomic E-state index is 12.3. The van der Waals surface area contributed by atoms with E-state index in [1.165, 1.54) is 14.2 Å². The van der Waals surface area contributed by atoms with Crippen LogP contribution in [0.25, 0.3) is 0 Å². The molecular formula is C17H25N3O4. The molecule has 2 atom stereocenters. The van der Waals surface area contributed by atoms with Gasteiger partial charge in [0.1, 0.15) is 5.69 Å². The number of hydrogen-bond acceptors (Lipinski definition) is 5. The second-order valence-electron chi connectivity index (χ2n) is 5.89. The van der Waals surface area contributed by atoms with E-state index >= 15 is 0 Å². The zero-order valence-corrected chi connectivity index (χ0v) is 14.2. The maximum Gasteiger partial charge on any atom is 0.319 e. The first kappa shape index (κ1) is 18.0. The van der Waals surface area contributed by atoms with Crippen molar-refractivity contribution in [2.75, 3.05) is 19.5 Å². The summed E-state index contributed by atoms with van der Waals surface area (Å²) >= 11 is 0. The average Bonchev–Trinajstić information content (AvgIpc) is 2.57. The molecule has 1 saturated carbocycles. The predicted molar refractivity (Wildman–Crippen MR) is 89.9 cm³/mol. The Kier molecular flexibility index (Phi) is 6.84. The van der Waals surface area contributed by atoms with Gasteiger partial charge in [0.25, 0.3) is 0 Å². The number of amides is 2. The second kappa shape index (κ2) is 9.10. The number of ether oxygens (including phenoxy) is 2. The Bertz CT molecular complexity index is 565. The van der Waals surface area contributed by atoms with Gasteiger partial charge in [0, 0.05) is 12.2 Å². The van der Waals surface area contributed by atoms with Crippen molar-refractivity contribution >= 4 is 17.7 Å². The zero-order chi connectivity index (χ0) is 17.4. The van der Waals surface area contributed by atoms with Crippen LogP contribution < -0.4 is 15.4 Å². The predicted octanol–water partition coefficient (Wildman–Crippen LogP) is 2.72. The van der Waals surface area contributed by atoms with Crippen LogP contribution in [0.5, 0.6) is 5.88 Å². The minimum Gasteiger partial charge on any atom is -0.480 e. The van der Waals surface area contributed by atoms with Crippen molar-refractivity contribution < 1.29 is 19.1 Å². The molecule has 1 aromatic heterocycles. The molecule has 0 unspecified atom stereocenters. The van der Waals surface area contributed by atoms with E-state index < -0.39 is 0 Å². The lowest BCUT2D eigenvalue weighted by Crippen LogP contribution is -2.46. The molecule has 0 radical (unpaired) electrons. The Balaban J connectivity index is 2.04. The molecule has 2 amide bonds. The smallest absolute Gasteiger partial charge is 0.319 e. The summed E-state index contributed by atoms with van der Waals surface area (Å²) in [5.41, 5.74) is 0.484. The number of aromatic nitrogens is 1. The van der Waals surface area contributed by atoms with Crippen molar-refractivity contribution in [2.45, 2.75) is 44.6 Å². The van der Waals surface area contributed by atoms with Gasteiger partial charge in [-0.2, -0.15) is 0 Å². The molecule has 1 heterocycles. The highest BCUT2D eigenvalue weighted by molar-refractivity contribution is 5.91. The topological polar surface area (TPSA) is 89.5 Å². The van der Waals surface area contributed by atoms with Crippen LogP contribution in [0.1, 0.15) is 38.5 Å². The number of carbonyl (C=O) groups is 2.